The van der Waals surface area contributed by atoms with Crippen LogP contribution in [-0.2, 0) is 11.3 Å². The Hall–Kier alpha value is -1.20. The van der Waals surface area contributed by atoms with Gasteiger partial charge in [0.05, 0.1) is 13.2 Å². The molecule has 0 unspecified atom stereocenters. The van der Waals surface area contributed by atoms with E-state index in [1.54, 1.807) is 12.4 Å². The topological polar surface area (TPSA) is 70.3 Å². The van der Waals surface area contributed by atoms with E-state index in [0.29, 0.717) is 31.3 Å². The van der Waals surface area contributed by atoms with Crippen LogP contribution in [0.15, 0.2) is 12.4 Å². The van der Waals surface area contributed by atoms with Crippen molar-refractivity contribution in [2.75, 3.05) is 13.2 Å². The lowest BCUT2D eigenvalue weighted by molar-refractivity contribution is -0.0818. The zero-order chi connectivity index (χ0) is 9.10. The van der Waals surface area contributed by atoms with Crippen molar-refractivity contribution in [2.45, 2.75) is 12.6 Å². The largest absolute Gasteiger partial charge is 0.468 e. The minimum atomic E-state index is 0.113. The maximum atomic E-state index is 5.49. The van der Waals surface area contributed by atoms with Crippen LogP contribution in [0.5, 0.6) is 5.88 Å². The van der Waals surface area contributed by atoms with Crippen LogP contribution < -0.4 is 10.5 Å². The predicted octanol–water partition coefficient (Wildman–Crippen LogP) is -0.287. The predicted molar refractivity (Wildman–Crippen MR) is 45.2 cm³/mol. The quantitative estimate of drug-likeness (QED) is 0.694. The molecule has 1 aromatic heterocycles. The van der Waals surface area contributed by atoms with Gasteiger partial charge in [-0.25, -0.2) is 4.98 Å². The first kappa shape index (κ1) is 8.40. The van der Waals surface area contributed by atoms with Crippen LogP contribution in [0, 0.1) is 0 Å². The van der Waals surface area contributed by atoms with E-state index in [2.05, 4.69) is 9.97 Å². The molecule has 2 rings (SSSR count). The number of nitrogens with two attached hydrogens (primary N) is 1. The molecule has 2 N–H and O–H groups in total. The lowest BCUT2D eigenvalue weighted by atomic mass is 10.3. The monoisotopic (exact) mass is 181 g/mol. The van der Waals surface area contributed by atoms with Gasteiger partial charge < -0.3 is 15.2 Å². The number of ether oxygens (including phenoxy) is 2. The van der Waals surface area contributed by atoms with Crippen molar-refractivity contribution in [3.05, 3.63) is 18.1 Å². The van der Waals surface area contributed by atoms with E-state index in [-0.39, 0.29) is 6.10 Å². The molecule has 2 heterocycles. The molecule has 5 nitrogen and oxygen atoms in total. The Bertz CT molecular complexity index is 288. The average Bonchev–Trinajstić information content (AvgIpc) is 2.12. The van der Waals surface area contributed by atoms with Crippen molar-refractivity contribution < 1.29 is 9.47 Å². The van der Waals surface area contributed by atoms with Gasteiger partial charge in [0.25, 0.3) is 0 Å². The fourth-order valence-corrected chi connectivity index (χ4v) is 1.03. The first-order valence-electron chi connectivity index (χ1n) is 4.14. The second kappa shape index (κ2) is 3.68. The standard InChI is InChI=1S/C8H11N3O2/c9-3-7-8(11-2-1-10-7)13-6-4-12-5-6/h1-2,6H,3-5,9H2. The van der Waals surface area contributed by atoms with Gasteiger partial charge >= 0.3 is 0 Å². The van der Waals surface area contributed by atoms with Crippen LogP contribution in [-0.4, -0.2) is 29.3 Å². The molecular formula is C8H11N3O2. The van der Waals surface area contributed by atoms with E-state index in [1.165, 1.54) is 0 Å². The molecule has 1 aromatic rings. The van der Waals surface area contributed by atoms with Gasteiger partial charge in [-0.05, 0) is 0 Å². The van der Waals surface area contributed by atoms with Crippen molar-refractivity contribution in [1.82, 2.24) is 9.97 Å². The van der Waals surface area contributed by atoms with Crippen LogP contribution in [0.4, 0.5) is 0 Å². The third kappa shape index (κ3) is 1.76. The van der Waals surface area contributed by atoms with E-state index >= 15 is 0 Å². The van der Waals surface area contributed by atoms with Crippen molar-refractivity contribution in [3.63, 3.8) is 0 Å². The van der Waals surface area contributed by atoms with Gasteiger partial charge in [0.1, 0.15) is 11.8 Å². The molecule has 0 aromatic carbocycles. The Morgan fingerprint density at radius 1 is 1.46 bits per heavy atom. The van der Waals surface area contributed by atoms with Gasteiger partial charge in [-0.15, -0.1) is 0 Å². The molecule has 1 saturated heterocycles. The average molecular weight is 181 g/mol. The van der Waals surface area contributed by atoms with E-state index < -0.39 is 0 Å². The van der Waals surface area contributed by atoms with Crippen LogP contribution in [0.25, 0.3) is 0 Å². The Morgan fingerprint density at radius 2 is 2.23 bits per heavy atom. The Labute approximate surface area is 75.9 Å². The third-order valence-corrected chi connectivity index (χ3v) is 1.81. The minimum absolute atomic E-state index is 0.113. The van der Waals surface area contributed by atoms with Crippen molar-refractivity contribution in [1.29, 1.82) is 0 Å². The summed E-state index contributed by atoms with van der Waals surface area (Å²) in [6, 6.07) is 0. The molecule has 1 aliphatic heterocycles. The number of hydrogen-bond donors (Lipinski definition) is 1. The zero-order valence-corrected chi connectivity index (χ0v) is 7.14. The summed E-state index contributed by atoms with van der Waals surface area (Å²) in [5.41, 5.74) is 6.16. The Balaban J connectivity index is 2.08. The summed E-state index contributed by atoms with van der Waals surface area (Å²) in [4.78, 5) is 8.11. The van der Waals surface area contributed by atoms with E-state index in [0.717, 1.165) is 0 Å². The molecule has 70 valence electrons. The van der Waals surface area contributed by atoms with Gasteiger partial charge in [0.2, 0.25) is 5.88 Å². The van der Waals surface area contributed by atoms with Crippen molar-refractivity contribution >= 4 is 0 Å². The lowest BCUT2D eigenvalue weighted by Gasteiger charge is -2.26. The second-order valence-electron chi connectivity index (χ2n) is 2.79. The highest BCUT2D eigenvalue weighted by atomic mass is 16.6. The fourth-order valence-electron chi connectivity index (χ4n) is 1.03. The molecule has 0 bridgehead atoms. The van der Waals surface area contributed by atoms with Gasteiger partial charge in [-0.2, -0.15) is 0 Å². The normalized spacial score (nSPS) is 16.7. The molecule has 0 aliphatic carbocycles. The van der Waals surface area contributed by atoms with Gasteiger partial charge in [0.15, 0.2) is 0 Å². The molecule has 13 heavy (non-hydrogen) atoms. The molecule has 1 aliphatic rings. The number of nitrogens with zero attached hydrogens (tertiary/aromatic N) is 2. The summed E-state index contributed by atoms with van der Waals surface area (Å²) in [6.45, 7) is 1.60. The molecule has 0 atom stereocenters. The Morgan fingerprint density at radius 3 is 2.85 bits per heavy atom. The number of hydrogen-bond acceptors (Lipinski definition) is 5. The highest BCUT2D eigenvalue weighted by Gasteiger charge is 2.21. The first-order chi connectivity index (χ1) is 6.40. The minimum Gasteiger partial charge on any atom is -0.468 e. The summed E-state index contributed by atoms with van der Waals surface area (Å²) in [6.07, 6.45) is 3.31. The van der Waals surface area contributed by atoms with Crippen molar-refractivity contribution in [2.24, 2.45) is 5.73 Å². The van der Waals surface area contributed by atoms with Gasteiger partial charge in [-0.3, -0.25) is 4.98 Å². The third-order valence-electron chi connectivity index (χ3n) is 1.81. The summed E-state index contributed by atoms with van der Waals surface area (Å²) >= 11 is 0. The molecule has 5 heteroatoms. The summed E-state index contributed by atoms with van der Waals surface area (Å²) in [7, 11) is 0. The summed E-state index contributed by atoms with van der Waals surface area (Å²) in [5.74, 6) is 0.526. The molecule has 0 spiro atoms. The first-order valence-corrected chi connectivity index (χ1v) is 4.14. The van der Waals surface area contributed by atoms with Crippen molar-refractivity contribution in [3.8, 4) is 5.88 Å². The number of aromatic nitrogens is 2. The maximum Gasteiger partial charge on any atom is 0.237 e. The molecule has 0 amide bonds. The Kier molecular flexibility index (Phi) is 2.37. The molecule has 0 saturated carbocycles. The van der Waals surface area contributed by atoms with Crippen LogP contribution in [0.2, 0.25) is 0 Å². The lowest BCUT2D eigenvalue weighted by Crippen LogP contribution is -2.39. The molecular weight excluding hydrogens is 170 g/mol. The number of rotatable bonds is 3. The highest BCUT2D eigenvalue weighted by Crippen LogP contribution is 2.15. The fraction of sp³-hybridized carbons (Fsp3) is 0.500. The van der Waals surface area contributed by atoms with Gasteiger partial charge in [0, 0.05) is 18.9 Å². The van der Waals surface area contributed by atoms with Gasteiger partial charge in [-0.1, -0.05) is 0 Å². The van der Waals surface area contributed by atoms with E-state index in [1.807, 2.05) is 0 Å². The van der Waals surface area contributed by atoms with Crippen LogP contribution in [0.1, 0.15) is 5.69 Å². The summed E-state index contributed by atoms with van der Waals surface area (Å²) < 4.78 is 10.5. The highest BCUT2D eigenvalue weighted by molar-refractivity contribution is 5.17. The van der Waals surface area contributed by atoms with Crippen LogP contribution >= 0.6 is 0 Å². The molecule has 1 fully saturated rings. The smallest absolute Gasteiger partial charge is 0.237 e. The summed E-state index contributed by atoms with van der Waals surface area (Å²) in [5, 5.41) is 0. The van der Waals surface area contributed by atoms with Crippen LogP contribution in [0.3, 0.4) is 0 Å². The van der Waals surface area contributed by atoms with E-state index in [4.69, 9.17) is 15.2 Å². The maximum absolute atomic E-state index is 5.49. The van der Waals surface area contributed by atoms with E-state index in [9.17, 15) is 0 Å². The molecule has 0 radical (unpaired) electrons. The zero-order valence-electron chi connectivity index (χ0n) is 7.14. The SMILES string of the molecule is NCc1nccnc1OC1COC1. The second-order valence-corrected chi connectivity index (χ2v) is 2.79.